The van der Waals surface area contributed by atoms with Crippen molar-refractivity contribution < 1.29 is 14.3 Å². The minimum Gasteiger partial charge on any atom is -0.448 e. The van der Waals surface area contributed by atoms with Crippen molar-refractivity contribution in [1.82, 2.24) is 4.98 Å². The molecule has 0 spiro atoms. The number of nitrogens with one attached hydrogen (secondary N) is 1. The van der Waals surface area contributed by atoms with Gasteiger partial charge >= 0.3 is 0 Å². The van der Waals surface area contributed by atoms with E-state index < -0.39 is 0 Å². The van der Waals surface area contributed by atoms with E-state index in [1.807, 2.05) is 24.3 Å². The SMILES string of the molecule is O=C(Nc1cccc(CO)c1)c1ccc(-c2nc3ccccc3s2)o1. The van der Waals surface area contributed by atoms with Gasteiger partial charge in [0, 0.05) is 5.69 Å². The largest absolute Gasteiger partial charge is 0.448 e. The zero-order chi connectivity index (χ0) is 17.2. The molecule has 0 aliphatic carbocycles. The lowest BCUT2D eigenvalue weighted by atomic mass is 10.2. The molecule has 0 saturated heterocycles. The molecular formula is C19H14N2O3S. The summed E-state index contributed by atoms with van der Waals surface area (Å²) < 4.78 is 6.75. The fourth-order valence-corrected chi connectivity index (χ4v) is 3.42. The van der Waals surface area contributed by atoms with Gasteiger partial charge in [0.25, 0.3) is 5.91 Å². The van der Waals surface area contributed by atoms with Gasteiger partial charge in [-0.1, -0.05) is 24.3 Å². The highest BCUT2D eigenvalue weighted by Crippen LogP contribution is 2.31. The highest BCUT2D eigenvalue weighted by Gasteiger charge is 2.15. The average molecular weight is 350 g/mol. The first-order chi connectivity index (χ1) is 12.2. The Morgan fingerprint density at radius 2 is 2.00 bits per heavy atom. The maximum absolute atomic E-state index is 12.3. The molecule has 2 N–H and O–H groups in total. The van der Waals surface area contributed by atoms with E-state index in [-0.39, 0.29) is 18.3 Å². The lowest BCUT2D eigenvalue weighted by Gasteiger charge is -2.04. The van der Waals surface area contributed by atoms with Gasteiger partial charge in [-0.05, 0) is 42.0 Å². The predicted molar refractivity (Wildman–Crippen MR) is 97.6 cm³/mol. The number of amides is 1. The zero-order valence-electron chi connectivity index (χ0n) is 13.1. The standard InChI is InChI=1S/C19H14N2O3S/c22-11-12-4-3-5-13(10-12)20-18(23)15-8-9-16(24-15)19-21-14-6-1-2-7-17(14)25-19/h1-10,22H,11H2,(H,20,23). The highest BCUT2D eigenvalue weighted by molar-refractivity contribution is 7.21. The summed E-state index contributed by atoms with van der Waals surface area (Å²) >= 11 is 1.52. The molecule has 25 heavy (non-hydrogen) atoms. The normalized spacial score (nSPS) is 10.9. The number of fused-ring (bicyclic) bond motifs is 1. The molecule has 5 nitrogen and oxygen atoms in total. The Balaban J connectivity index is 1.56. The molecule has 2 heterocycles. The second-order valence-corrected chi connectivity index (χ2v) is 6.49. The second-order valence-electron chi connectivity index (χ2n) is 5.46. The first-order valence-electron chi connectivity index (χ1n) is 7.70. The number of para-hydroxylation sites is 1. The summed E-state index contributed by atoms with van der Waals surface area (Å²) in [6.45, 7) is -0.0772. The molecule has 0 aliphatic heterocycles. The monoisotopic (exact) mass is 350 g/mol. The van der Waals surface area contributed by atoms with Crippen molar-refractivity contribution in [2.45, 2.75) is 6.61 Å². The van der Waals surface area contributed by atoms with Crippen molar-refractivity contribution in [1.29, 1.82) is 0 Å². The topological polar surface area (TPSA) is 75.4 Å². The van der Waals surface area contributed by atoms with Crippen molar-refractivity contribution >= 4 is 33.1 Å². The van der Waals surface area contributed by atoms with Gasteiger partial charge in [0.2, 0.25) is 0 Å². The molecule has 4 aromatic rings. The van der Waals surface area contributed by atoms with E-state index >= 15 is 0 Å². The Kier molecular flexibility index (Phi) is 4.05. The number of benzene rings is 2. The molecule has 4 rings (SSSR count). The predicted octanol–water partition coefficient (Wildman–Crippen LogP) is 4.30. The summed E-state index contributed by atoms with van der Waals surface area (Å²) in [6, 6.07) is 18.3. The van der Waals surface area contributed by atoms with Gasteiger partial charge in [-0.3, -0.25) is 4.79 Å². The van der Waals surface area contributed by atoms with E-state index in [1.165, 1.54) is 11.3 Å². The van der Waals surface area contributed by atoms with Crippen LogP contribution in [0.5, 0.6) is 0 Å². The molecule has 2 aromatic carbocycles. The van der Waals surface area contributed by atoms with Crippen LogP contribution in [0.25, 0.3) is 21.0 Å². The summed E-state index contributed by atoms with van der Waals surface area (Å²) in [5.41, 5.74) is 2.24. The van der Waals surface area contributed by atoms with E-state index in [0.29, 0.717) is 11.4 Å². The van der Waals surface area contributed by atoms with Crippen molar-refractivity contribution in [3.8, 4) is 10.8 Å². The Bertz CT molecular complexity index is 1020. The third kappa shape index (κ3) is 3.17. The van der Waals surface area contributed by atoms with Crippen molar-refractivity contribution in [3.63, 3.8) is 0 Å². The number of nitrogens with zero attached hydrogens (tertiary/aromatic N) is 1. The number of aromatic nitrogens is 1. The molecule has 0 saturated carbocycles. The molecule has 0 aliphatic rings. The van der Waals surface area contributed by atoms with Crippen LogP contribution in [0.15, 0.2) is 65.1 Å². The number of carbonyl (C=O) groups is 1. The lowest BCUT2D eigenvalue weighted by molar-refractivity contribution is 0.0997. The van der Waals surface area contributed by atoms with E-state index in [9.17, 15) is 4.79 Å². The smallest absolute Gasteiger partial charge is 0.291 e. The summed E-state index contributed by atoms with van der Waals surface area (Å²) in [5, 5.41) is 12.7. The van der Waals surface area contributed by atoms with Crippen LogP contribution in [0.4, 0.5) is 5.69 Å². The minimum atomic E-state index is -0.345. The molecule has 0 atom stereocenters. The molecule has 0 bridgehead atoms. The fourth-order valence-electron chi connectivity index (χ4n) is 2.49. The fraction of sp³-hybridized carbons (Fsp3) is 0.0526. The summed E-state index contributed by atoms with van der Waals surface area (Å²) in [6.07, 6.45) is 0. The van der Waals surface area contributed by atoms with E-state index in [4.69, 9.17) is 9.52 Å². The number of carbonyl (C=O) groups excluding carboxylic acids is 1. The number of aliphatic hydroxyl groups is 1. The number of hydrogen-bond donors (Lipinski definition) is 2. The van der Waals surface area contributed by atoms with E-state index in [1.54, 1.807) is 36.4 Å². The number of anilines is 1. The van der Waals surface area contributed by atoms with Crippen LogP contribution < -0.4 is 5.32 Å². The van der Waals surface area contributed by atoms with Crippen molar-refractivity contribution in [2.75, 3.05) is 5.32 Å². The minimum absolute atomic E-state index is 0.0772. The average Bonchev–Trinajstić information content (AvgIpc) is 3.28. The van der Waals surface area contributed by atoms with Gasteiger partial charge < -0.3 is 14.8 Å². The second kappa shape index (κ2) is 6.51. The van der Waals surface area contributed by atoms with Gasteiger partial charge in [-0.15, -0.1) is 11.3 Å². The van der Waals surface area contributed by atoms with Crippen LogP contribution in [-0.4, -0.2) is 16.0 Å². The van der Waals surface area contributed by atoms with Gasteiger partial charge in [0.05, 0.1) is 16.8 Å². The Morgan fingerprint density at radius 1 is 1.12 bits per heavy atom. The summed E-state index contributed by atoms with van der Waals surface area (Å²) in [5.74, 6) is 0.432. The van der Waals surface area contributed by atoms with Crippen molar-refractivity contribution in [3.05, 3.63) is 72.0 Å². The third-order valence-corrected chi connectivity index (χ3v) is 4.75. The highest BCUT2D eigenvalue weighted by atomic mass is 32.1. The molecule has 0 unspecified atom stereocenters. The molecule has 1 amide bonds. The van der Waals surface area contributed by atoms with Crippen LogP contribution in [0.1, 0.15) is 16.1 Å². The van der Waals surface area contributed by atoms with Gasteiger partial charge in [-0.2, -0.15) is 0 Å². The van der Waals surface area contributed by atoms with Crippen LogP contribution in [0, 0.1) is 0 Å². The number of furan rings is 1. The quantitative estimate of drug-likeness (QED) is 0.575. The number of hydrogen-bond acceptors (Lipinski definition) is 5. The molecule has 0 fully saturated rings. The molecule has 124 valence electrons. The first-order valence-corrected chi connectivity index (χ1v) is 8.51. The molecule has 6 heteroatoms. The number of aliphatic hydroxyl groups excluding tert-OH is 1. The van der Waals surface area contributed by atoms with Gasteiger partial charge in [-0.25, -0.2) is 4.98 Å². The van der Waals surface area contributed by atoms with E-state index in [0.717, 1.165) is 20.8 Å². The Labute approximate surface area is 147 Å². The molecule has 0 radical (unpaired) electrons. The summed E-state index contributed by atoms with van der Waals surface area (Å²) in [4.78, 5) is 16.9. The molecule has 2 aromatic heterocycles. The van der Waals surface area contributed by atoms with Gasteiger partial charge in [0.15, 0.2) is 16.5 Å². The third-order valence-electron chi connectivity index (χ3n) is 3.70. The Hall–Kier alpha value is -2.96. The Morgan fingerprint density at radius 3 is 2.84 bits per heavy atom. The maximum atomic E-state index is 12.3. The first kappa shape index (κ1) is 15.6. The van der Waals surface area contributed by atoms with Crippen LogP contribution >= 0.6 is 11.3 Å². The van der Waals surface area contributed by atoms with Gasteiger partial charge in [0.1, 0.15) is 0 Å². The summed E-state index contributed by atoms with van der Waals surface area (Å²) in [7, 11) is 0. The van der Waals surface area contributed by atoms with Crippen molar-refractivity contribution in [2.24, 2.45) is 0 Å². The molecular weight excluding hydrogens is 336 g/mol. The van der Waals surface area contributed by atoms with Crippen LogP contribution in [-0.2, 0) is 6.61 Å². The number of rotatable bonds is 4. The van der Waals surface area contributed by atoms with Crippen LogP contribution in [0.3, 0.4) is 0 Å². The van der Waals surface area contributed by atoms with Crippen LogP contribution in [0.2, 0.25) is 0 Å². The van der Waals surface area contributed by atoms with E-state index in [2.05, 4.69) is 10.3 Å². The maximum Gasteiger partial charge on any atom is 0.291 e. The lowest BCUT2D eigenvalue weighted by Crippen LogP contribution is -2.10. The number of thiazole rings is 1. The zero-order valence-corrected chi connectivity index (χ0v) is 13.9.